The van der Waals surface area contributed by atoms with Crippen molar-refractivity contribution in [3.63, 3.8) is 0 Å². The highest BCUT2D eigenvalue weighted by Gasteiger charge is 2.19. The smallest absolute Gasteiger partial charge is 0.158 e. The van der Waals surface area contributed by atoms with Gasteiger partial charge in [-0.25, -0.2) is 15.0 Å². The number of nitrogens with one attached hydrogen (secondary N) is 1. The second kappa shape index (κ2) is 4.49. The maximum Gasteiger partial charge on any atom is 0.158 e. The van der Waals surface area contributed by atoms with E-state index in [1.807, 2.05) is 24.7 Å². The summed E-state index contributed by atoms with van der Waals surface area (Å²) < 4.78 is 1.98. The molecule has 1 saturated heterocycles. The summed E-state index contributed by atoms with van der Waals surface area (Å²) in [7, 11) is 1.98. The van der Waals surface area contributed by atoms with Crippen molar-refractivity contribution < 1.29 is 0 Å². The Morgan fingerprint density at radius 3 is 2.94 bits per heavy atom. The van der Waals surface area contributed by atoms with Crippen LogP contribution < -0.4 is 5.32 Å². The van der Waals surface area contributed by atoms with Gasteiger partial charge in [-0.1, -0.05) is 0 Å². The van der Waals surface area contributed by atoms with E-state index in [0.717, 1.165) is 36.0 Å². The molecule has 0 aliphatic carbocycles. The molecular weight excluding hydrogens is 226 g/mol. The number of rotatable bonds is 2. The largest absolute Gasteiger partial charge is 0.333 e. The summed E-state index contributed by atoms with van der Waals surface area (Å²) in [5.41, 5.74) is 1.98. The highest BCUT2D eigenvalue weighted by molar-refractivity contribution is 5.50. The average molecular weight is 243 g/mol. The molecule has 1 unspecified atom stereocenters. The lowest BCUT2D eigenvalue weighted by atomic mass is 10.1. The molecule has 0 radical (unpaired) electrons. The first-order chi connectivity index (χ1) is 8.74. The van der Waals surface area contributed by atoms with Gasteiger partial charge in [-0.2, -0.15) is 0 Å². The van der Waals surface area contributed by atoms with Crippen molar-refractivity contribution in [1.29, 1.82) is 0 Å². The third-order valence-corrected chi connectivity index (χ3v) is 3.33. The minimum atomic E-state index is 0.366. The molecule has 0 spiro atoms. The molecule has 0 amide bonds. The minimum absolute atomic E-state index is 0.366. The van der Waals surface area contributed by atoms with Crippen LogP contribution in [0, 0.1) is 6.92 Å². The van der Waals surface area contributed by atoms with E-state index in [1.165, 1.54) is 6.42 Å². The van der Waals surface area contributed by atoms with Crippen LogP contribution >= 0.6 is 0 Å². The van der Waals surface area contributed by atoms with Crippen molar-refractivity contribution in [2.24, 2.45) is 7.05 Å². The Morgan fingerprint density at radius 1 is 1.39 bits per heavy atom. The summed E-state index contributed by atoms with van der Waals surface area (Å²) in [5, 5.41) is 3.47. The average Bonchev–Trinajstić information content (AvgIpc) is 2.98. The lowest BCUT2D eigenvalue weighted by Crippen LogP contribution is -2.15. The molecule has 5 nitrogen and oxygen atoms in total. The van der Waals surface area contributed by atoms with Gasteiger partial charge in [0.1, 0.15) is 11.5 Å². The normalized spacial score (nSPS) is 19.3. The zero-order valence-corrected chi connectivity index (χ0v) is 10.7. The third kappa shape index (κ3) is 2.01. The number of aromatic nitrogens is 4. The molecule has 3 heterocycles. The number of hydrogen-bond donors (Lipinski definition) is 1. The first-order valence-corrected chi connectivity index (χ1v) is 6.31. The van der Waals surface area contributed by atoms with E-state index in [9.17, 15) is 0 Å². The third-order valence-electron chi connectivity index (χ3n) is 3.33. The number of imidazole rings is 1. The van der Waals surface area contributed by atoms with E-state index in [-0.39, 0.29) is 0 Å². The van der Waals surface area contributed by atoms with Crippen LogP contribution in [0.3, 0.4) is 0 Å². The zero-order chi connectivity index (χ0) is 12.5. The van der Waals surface area contributed by atoms with Crippen LogP contribution in [-0.2, 0) is 7.05 Å². The van der Waals surface area contributed by atoms with Gasteiger partial charge in [-0.05, 0) is 32.4 Å². The van der Waals surface area contributed by atoms with Crippen LogP contribution in [0.1, 0.15) is 30.4 Å². The Morgan fingerprint density at radius 2 is 2.28 bits per heavy atom. The molecule has 3 rings (SSSR count). The highest BCUT2D eigenvalue weighted by atomic mass is 15.1. The predicted octanol–water partition coefficient (Wildman–Crippen LogP) is 1.61. The molecular formula is C13H17N5. The summed E-state index contributed by atoms with van der Waals surface area (Å²) in [5.74, 6) is 1.69. The lowest BCUT2D eigenvalue weighted by molar-refractivity contribution is 0.622. The quantitative estimate of drug-likeness (QED) is 0.870. The van der Waals surface area contributed by atoms with Crippen molar-refractivity contribution in [2.75, 3.05) is 6.54 Å². The monoisotopic (exact) mass is 243 g/mol. The fourth-order valence-electron chi connectivity index (χ4n) is 2.43. The van der Waals surface area contributed by atoms with Gasteiger partial charge >= 0.3 is 0 Å². The SMILES string of the molecule is Cc1nc(-c2nccn2C)cc(C2CCCN2)n1. The van der Waals surface area contributed by atoms with Gasteiger partial charge in [0.2, 0.25) is 0 Å². The number of aryl methyl sites for hydroxylation is 2. The van der Waals surface area contributed by atoms with Gasteiger partial charge in [0.25, 0.3) is 0 Å². The minimum Gasteiger partial charge on any atom is -0.333 e. The standard InChI is InChI=1S/C13H17N5/c1-9-16-11(10-4-3-5-14-10)8-12(17-9)13-15-6-7-18(13)2/h6-8,10,14H,3-5H2,1-2H3. The van der Waals surface area contributed by atoms with Gasteiger partial charge < -0.3 is 9.88 Å². The van der Waals surface area contributed by atoms with Crippen molar-refractivity contribution in [3.8, 4) is 11.5 Å². The molecule has 1 aliphatic heterocycles. The Bertz CT molecular complexity index is 554. The van der Waals surface area contributed by atoms with Crippen LogP contribution in [0.5, 0.6) is 0 Å². The van der Waals surface area contributed by atoms with E-state index >= 15 is 0 Å². The van der Waals surface area contributed by atoms with Crippen LogP contribution in [0.25, 0.3) is 11.5 Å². The van der Waals surface area contributed by atoms with E-state index in [1.54, 1.807) is 6.20 Å². The van der Waals surface area contributed by atoms with Gasteiger partial charge in [0, 0.05) is 25.5 Å². The van der Waals surface area contributed by atoms with Crippen molar-refractivity contribution >= 4 is 0 Å². The Kier molecular flexibility index (Phi) is 2.83. The van der Waals surface area contributed by atoms with Crippen LogP contribution in [0.2, 0.25) is 0 Å². The summed E-state index contributed by atoms with van der Waals surface area (Å²) in [6.07, 6.45) is 6.09. The molecule has 1 N–H and O–H groups in total. The van der Waals surface area contributed by atoms with Gasteiger partial charge in [-0.3, -0.25) is 0 Å². The van der Waals surface area contributed by atoms with E-state index < -0.39 is 0 Å². The molecule has 94 valence electrons. The van der Waals surface area contributed by atoms with Gasteiger partial charge in [-0.15, -0.1) is 0 Å². The van der Waals surface area contributed by atoms with Gasteiger partial charge in [0.05, 0.1) is 5.69 Å². The second-order valence-corrected chi connectivity index (χ2v) is 4.74. The summed E-state index contributed by atoms with van der Waals surface area (Å²) in [6, 6.07) is 2.42. The van der Waals surface area contributed by atoms with Crippen LogP contribution in [0.4, 0.5) is 0 Å². The molecule has 18 heavy (non-hydrogen) atoms. The number of hydrogen-bond acceptors (Lipinski definition) is 4. The zero-order valence-electron chi connectivity index (χ0n) is 10.7. The molecule has 1 aliphatic rings. The Balaban J connectivity index is 2.03. The summed E-state index contributed by atoms with van der Waals surface area (Å²) in [6.45, 7) is 3.01. The molecule has 1 atom stereocenters. The van der Waals surface area contributed by atoms with Crippen molar-refractivity contribution in [3.05, 3.63) is 30.0 Å². The van der Waals surface area contributed by atoms with E-state index in [4.69, 9.17) is 0 Å². The second-order valence-electron chi connectivity index (χ2n) is 4.74. The maximum atomic E-state index is 4.54. The molecule has 1 fully saturated rings. The Labute approximate surface area is 106 Å². The maximum absolute atomic E-state index is 4.54. The van der Waals surface area contributed by atoms with E-state index in [2.05, 4.69) is 26.3 Å². The molecule has 2 aromatic rings. The van der Waals surface area contributed by atoms with Gasteiger partial charge in [0.15, 0.2) is 5.82 Å². The fraction of sp³-hybridized carbons (Fsp3) is 0.462. The molecule has 0 saturated carbocycles. The number of nitrogens with zero attached hydrogens (tertiary/aromatic N) is 4. The van der Waals surface area contributed by atoms with Crippen LogP contribution in [-0.4, -0.2) is 26.1 Å². The highest BCUT2D eigenvalue weighted by Crippen LogP contribution is 2.24. The first kappa shape index (κ1) is 11.3. The topological polar surface area (TPSA) is 55.6 Å². The predicted molar refractivity (Wildman–Crippen MR) is 68.9 cm³/mol. The van der Waals surface area contributed by atoms with Crippen molar-refractivity contribution in [2.45, 2.75) is 25.8 Å². The molecule has 0 bridgehead atoms. The van der Waals surface area contributed by atoms with E-state index in [0.29, 0.717) is 6.04 Å². The van der Waals surface area contributed by atoms with Crippen LogP contribution in [0.15, 0.2) is 18.5 Å². The summed E-state index contributed by atoms with van der Waals surface area (Å²) in [4.78, 5) is 13.4. The molecule has 0 aromatic carbocycles. The lowest BCUT2D eigenvalue weighted by Gasteiger charge is -2.11. The molecule has 2 aromatic heterocycles. The first-order valence-electron chi connectivity index (χ1n) is 6.31. The fourth-order valence-corrected chi connectivity index (χ4v) is 2.43. The summed E-state index contributed by atoms with van der Waals surface area (Å²) >= 11 is 0. The molecule has 5 heteroatoms. The van der Waals surface area contributed by atoms with Crippen molar-refractivity contribution in [1.82, 2.24) is 24.8 Å². The Hall–Kier alpha value is -1.75.